The van der Waals surface area contributed by atoms with Crippen LogP contribution in [-0.2, 0) is 9.84 Å². The molecule has 0 fully saturated rings. The number of halogens is 2. The molecule has 0 saturated heterocycles. The Hall–Kier alpha value is -1.83. The van der Waals surface area contributed by atoms with Gasteiger partial charge in [0.05, 0.1) is 11.3 Å². The molecule has 2 aromatic rings. The lowest BCUT2D eigenvalue weighted by molar-refractivity contribution is 0.438. The average molecular weight is 274 g/mol. The largest absolute Gasteiger partial charge is 0.408 e. The summed E-state index contributed by atoms with van der Waals surface area (Å²) in [5, 5.41) is 6.19. The minimum Gasteiger partial charge on any atom is -0.408 e. The van der Waals surface area contributed by atoms with Crippen LogP contribution >= 0.6 is 0 Å². The molecule has 0 spiro atoms. The Labute approximate surface area is 101 Å². The van der Waals surface area contributed by atoms with Crippen LogP contribution < -0.4 is 0 Å². The zero-order valence-electron chi connectivity index (χ0n) is 9.22. The van der Waals surface area contributed by atoms with Gasteiger partial charge in [0, 0.05) is 6.07 Å². The number of hydrogen-bond acceptors (Lipinski definition) is 5. The van der Waals surface area contributed by atoms with Crippen molar-refractivity contribution in [2.24, 2.45) is 0 Å². The molecule has 2 rings (SSSR count). The van der Waals surface area contributed by atoms with E-state index in [-0.39, 0.29) is 17.2 Å². The van der Waals surface area contributed by atoms with E-state index in [9.17, 15) is 17.2 Å². The lowest BCUT2D eigenvalue weighted by Gasteiger charge is -1.97. The van der Waals surface area contributed by atoms with Gasteiger partial charge in [-0.1, -0.05) is 12.0 Å². The van der Waals surface area contributed by atoms with Gasteiger partial charge >= 0.3 is 5.22 Å². The Bertz CT molecular complexity index is 682. The van der Waals surface area contributed by atoms with Gasteiger partial charge in [0.2, 0.25) is 9.84 Å². The molecule has 0 aliphatic rings. The third-order valence-electron chi connectivity index (χ3n) is 2.21. The van der Waals surface area contributed by atoms with Crippen LogP contribution in [0.1, 0.15) is 6.92 Å². The highest BCUT2D eigenvalue weighted by Gasteiger charge is 2.22. The molecule has 1 aromatic carbocycles. The molecule has 0 bridgehead atoms. The van der Waals surface area contributed by atoms with Crippen molar-refractivity contribution >= 4 is 9.84 Å². The van der Waals surface area contributed by atoms with Crippen LogP contribution in [0.5, 0.6) is 0 Å². The minimum atomic E-state index is -3.64. The maximum atomic E-state index is 13.4. The summed E-state index contributed by atoms with van der Waals surface area (Å²) in [6, 6.07) is 2.75. The second-order valence-corrected chi connectivity index (χ2v) is 5.56. The number of rotatable bonds is 3. The Morgan fingerprint density at radius 2 is 2.00 bits per heavy atom. The Balaban J connectivity index is 2.48. The summed E-state index contributed by atoms with van der Waals surface area (Å²) in [5.41, 5.74) is -0.151. The lowest BCUT2D eigenvalue weighted by atomic mass is 10.2. The van der Waals surface area contributed by atoms with Gasteiger partial charge in [-0.2, -0.15) is 0 Å². The Morgan fingerprint density at radius 1 is 1.28 bits per heavy atom. The van der Waals surface area contributed by atoms with Crippen LogP contribution in [0.3, 0.4) is 0 Å². The molecule has 0 amide bonds. The molecule has 0 N–H and O–H groups in total. The van der Waals surface area contributed by atoms with Crippen molar-refractivity contribution < 1.29 is 21.6 Å². The standard InChI is InChI=1S/C10H8F2N2O3S/c1-2-18(15,16)10-14-13-9(17-10)7-4-3-6(11)5-8(7)12/h3-5H,2H2,1H3. The van der Waals surface area contributed by atoms with Crippen molar-refractivity contribution in [1.29, 1.82) is 0 Å². The van der Waals surface area contributed by atoms with Crippen LogP contribution in [0.15, 0.2) is 27.8 Å². The quantitative estimate of drug-likeness (QED) is 0.853. The van der Waals surface area contributed by atoms with Crippen LogP contribution in [-0.4, -0.2) is 24.4 Å². The summed E-state index contributed by atoms with van der Waals surface area (Å²) in [6.07, 6.45) is 0. The molecule has 1 heterocycles. The van der Waals surface area contributed by atoms with Gasteiger partial charge in [0.15, 0.2) is 0 Å². The fraction of sp³-hybridized carbons (Fsp3) is 0.200. The van der Waals surface area contributed by atoms with E-state index in [0.717, 1.165) is 12.1 Å². The number of aromatic nitrogens is 2. The van der Waals surface area contributed by atoms with Crippen molar-refractivity contribution in [2.75, 3.05) is 5.75 Å². The zero-order valence-corrected chi connectivity index (χ0v) is 10.0. The van der Waals surface area contributed by atoms with E-state index in [1.165, 1.54) is 6.92 Å². The second kappa shape index (κ2) is 4.45. The first-order valence-corrected chi connectivity index (χ1v) is 6.61. The number of hydrogen-bond donors (Lipinski definition) is 0. The van der Waals surface area contributed by atoms with Crippen LogP contribution in [0.4, 0.5) is 8.78 Å². The number of sulfone groups is 1. The molecule has 0 radical (unpaired) electrons. The third-order valence-corrected chi connectivity index (χ3v) is 3.67. The fourth-order valence-corrected chi connectivity index (χ4v) is 1.85. The van der Waals surface area contributed by atoms with E-state index >= 15 is 0 Å². The number of nitrogens with zero attached hydrogens (tertiary/aromatic N) is 2. The maximum Gasteiger partial charge on any atom is 0.335 e. The van der Waals surface area contributed by atoms with Gasteiger partial charge in [-0.25, -0.2) is 17.2 Å². The Kier molecular flexibility index (Phi) is 3.12. The summed E-state index contributed by atoms with van der Waals surface area (Å²) in [7, 11) is -3.64. The second-order valence-electron chi connectivity index (χ2n) is 3.40. The highest BCUT2D eigenvalue weighted by Crippen LogP contribution is 2.23. The molecule has 5 nitrogen and oxygen atoms in total. The van der Waals surface area contributed by atoms with E-state index in [1.807, 2.05) is 0 Å². The van der Waals surface area contributed by atoms with Gasteiger partial charge in [-0.05, 0) is 12.1 Å². The molecule has 96 valence electrons. The summed E-state index contributed by atoms with van der Waals surface area (Å²) in [5.74, 6) is -2.17. The molecule has 1 aromatic heterocycles. The summed E-state index contributed by atoms with van der Waals surface area (Å²) in [6.45, 7) is 1.41. The molecule has 0 saturated carbocycles. The van der Waals surface area contributed by atoms with Gasteiger partial charge in [0.25, 0.3) is 5.89 Å². The van der Waals surface area contributed by atoms with Gasteiger partial charge in [0.1, 0.15) is 11.6 Å². The molecule has 0 aliphatic heterocycles. The monoisotopic (exact) mass is 274 g/mol. The molecular weight excluding hydrogens is 266 g/mol. The summed E-state index contributed by atoms with van der Waals surface area (Å²) in [4.78, 5) is 0. The highest BCUT2D eigenvalue weighted by molar-refractivity contribution is 7.91. The van der Waals surface area contributed by atoms with E-state index < -0.39 is 26.7 Å². The zero-order chi connectivity index (χ0) is 13.3. The van der Waals surface area contributed by atoms with Crippen molar-refractivity contribution in [2.45, 2.75) is 12.1 Å². The van der Waals surface area contributed by atoms with Gasteiger partial charge < -0.3 is 4.42 Å². The van der Waals surface area contributed by atoms with Crippen LogP contribution in [0, 0.1) is 11.6 Å². The average Bonchev–Trinajstić information content (AvgIpc) is 2.79. The smallest absolute Gasteiger partial charge is 0.335 e. The lowest BCUT2D eigenvalue weighted by Crippen LogP contribution is -2.03. The van der Waals surface area contributed by atoms with Crippen molar-refractivity contribution in [3.63, 3.8) is 0 Å². The normalized spacial score (nSPS) is 11.7. The van der Waals surface area contributed by atoms with E-state index in [2.05, 4.69) is 10.2 Å². The molecule has 0 unspecified atom stereocenters. The van der Waals surface area contributed by atoms with E-state index in [4.69, 9.17) is 4.42 Å². The molecule has 0 atom stereocenters. The predicted octanol–water partition coefficient (Wildman–Crippen LogP) is 1.81. The molecular formula is C10H8F2N2O3S. The first-order valence-electron chi connectivity index (χ1n) is 4.95. The predicted molar refractivity (Wildman–Crippen MR) is 57.4 cm³/mol. The SMILES string of the molecule is CCS(=O)(=O)c1nnc(-c2ccc(F)cc2F)o1. The Morgan fingerprint density at radius 3 is 2.61 bits per heavy atom. The topological polar surface area (TPSA) is 73.1 Å². The summed E-state index contributed by atoms with van der Waals surface area (Å²) >= 11 is 0. The van der Waals surface area contributed by atoms with Gasteiger partial charge in [-0.15, -0.1) is 5.10 Å². The van der Waals surface area contributed by atoms with Gasteiger partial charge in [-0.3, -0.25) is 0 Å². The van der Waals surface area contributed by atoms with Crippen molar-refractivity contribution in [1.82, 2.24) is 10.2 Å². The molecule has 8 heteroatoms. The highest BCUT2D eigenvalue weighted by atomic mass is 32.2. The van der Waals surface area contributed by atoms with Crippen LogP contribution in [0.25, 0.3) is 11.5 Å². The maximum absolute atomic E-state index is 13.4. The first-order chi connectivity index (χ1) is 8.44. The third kappa shape index (κ3) is 2.23. The van der Waals surface area contributed by atoms with Crippen LogP contribution in [0.2, 0.25) is 0 Å². The minimum absolute atomic E-state index is 0.151. The van der Waals surface area contributed by atoms with Crippen molar-refractivity contribution in [3.8, 4) is 11.5 Å². The van der Waals surface area contributed by atoms with E-state index in [1.54, 1.807) is 0 Å². The number of benzene rings is 1. The molecule has 0 aliphatic carbocycles. The van der Waals surface area contributed by atoms with Crippen molar-refractivity contribution in [3.05, 3.63) is 29.8 Å². The molecule has 18 heavy (non-hydrogen) atoms. The van der Waals surface area contributed by atoms with E-state index in [0.29, 0.717) is 6.07 Å². The fourth-order valence-electron chi connectivity index (χ4n) is 1.23. The summed E-state index contributed by atoms with van der Waals surface area (Å²) < 4.78 is 53.9. The first kappa shape index (κ1) is 12.6.